The topological polar surface area (TPSA) is 63.6 Å². The maximum atomic E-state index is 12.7. The second-order valence-corrected chi connectivity index (χ2v) is 5.74. The molecule has 0 aromatic heterocycles. The summed E-state index contributed by atoms with van der Waals surface area (Å²) in [6.07, 6.45) is -3.31. The molecule has 1 aliphatic heterocycles. The van der Waals surface area contributed by atoms with Gasteiger partial charge >= 0.3 is 12.1 Å². The first-order chi connectivity index (χ1) is 12.3. The van der Waals surface area contributed by atoms with Gasteiger partial charge in [-0.25, -0.2) is 0 Å². The van der Waals surface area contributed by atoms with Crippen LogP contribution in [0.5, 0.6) is 5.75 Å². The number of carbonyl (C=O) groups excluding carboxylic acids is 1. The molecule has 3 rings (SSSR count). The minimum atomic E-state index is -4.45. The highest BCUT2D eigenvalue weighted by Gasteiger charge is 2.30. The Labute approximate surface area is 146 Å². The number of para-hydroxylation sites is 1. The third kappa shape index (κ3) is 3.61. The molecule has 7 heteroatoms. The summed E-state index contributed by atoms with van der Waals surface area (Å²) in [5, 5.41) is 9.03. The molecule has 0 saturated heterocycles. The van der Waals surface area contributed by atoms with Crippen LogP contribution < -0.4 is 4.74 Å². The molecular formula is C19H13F3O4. The van der Waals surface area contributed by atoms with Gasteiger partial charge in [-0.1, -0.05) is 24.3 Å². The zero-order valence-corrected chi connectivity index (χ0v) is 13.3. The number of ether oxygens (including phenoxy) is 1. The van der Waals surface area contributed by atoms with Crippen molar-refractivity contribution in [3.63, 3.8) is 0 Å². The predicted molar refractivity (Wildman–Crippen MR) is 86.8 cm³/mol. The second-order valence-electron chi connectivity index (χ2n) is 5.74. The fourth-order valence-corrected chi connectivity index (χ4v) is 2.67. The summed E-state index contributed by atoms with van der Waals surface area (Å²) in [5.41, 5.74) is 0.146. The van der Waals surface area contributed by atoms with E-state index in [1.54, 1.807) is 6.07 Å². The Hall–Kier alpha value is -3.09. The molecule has 2 aromatic rings. The second kappa shape index (κ2) is 6.67. The van der Waals surface area contributed by atoms with E-state index >= 15 is 0 Å². The highest BCUT2D eigenvalue weighted by atomic mass is 19.4. The minimum absolute atomic E-state index is 0.000119. The van der Waals surface area contributed by atoms with Crippen molar-refractivity contribution in [2.75, 3.05) is 0 Å². The summed E-state index contributed by atoms with van der Waals surface area (Å²) < 4.78 is 43.9. The van der Waals surface area contributed by atoms with Crippen molar-refractivity contribution in [1.29, 1.82) is 0 Å². The van der Waals surface area contributed by atoms with Crippen LogP contribution in [-0.2, 0) is 17.4 Å². The molecule has 0 radical (unpaired) electrons. The monoisotopic (exact) mass is 362 g/mol. The molecule has 1 N–H and O–H groups in total. The van der Waals surface area contributed by atoms with E-state index in [0.29, 0.717) is 11.1 Å². The van der Waals surface area contributed by atoms with Crippen molar-refractivity contribution in [3.8, 4) is 5.75 Å². The molecule has 1 aliphatic rings. The number of fused-ring (bicyclic) bond motifs is 1. The van der Waals surface area contributed by atoms with Gasteiger partial charge in [0.2, 0.25) is 0 Å². The first-order valence-corrected chi connectivity index (χ1v) is 7.68. The summed E-state index contributed by atoms with van der Waals surface area (Å²) in [6, 6.07) is 9.00. The smallest absolute Gasteiger partial charge is 0.416 e. The Balaban J connectivity index is 1.99. The van der Waals surface area contributed by atoms with Crippen molar-refractivity contribution < 1.29 is 32.6 Å². The highest BCUT2D eigenvalue weighted by molar-refractivity contribution is 6.02. The molecule has 0 bridgehead atoms. The van der Waals surface area contributed by atoms with Crippen LogP contribution in [0, 0.1) is 0 Å². The number of alkyl halides is 3. The Morgan fingerprint density at radius 1 is 1.12 bits per heavy atom. The number of rotatable bonds is 3. The number of carboxylic acids is 1. The van der Waals surface area contributed by atoms with Crippen molar-refractivity contribution >= 4 is 17.5 Å². The van der Waals surface area contributed by atoms with E-state index in [-0.39, 0.29) is 35.7 Å². The fourth-order valence-electron chi connectivity index (χ4n) is 2.67. The molecule has 2 aromatic carbocycles. The molecule has 0 fully saturated rings. The summed E-state index contributed by atoms with van der Waals surface area (Å²) in [5.74, 6) is -1.000. The van der Waals surface area contributed by atoms with E-state index in [1.165, 1.54) is 30.3 Å². The molecule has 0 aliphatic carbocycles. The van der Waals surface area contributed by atoms with Crippen LogP contribution >= 0.6 is 0 Å². The normalized spacial score (nSPS) is 14.1. The Bertz CT molecular complexity index is 896. The summed E-state index contributed by atoms with van der Waals surface area (Å²) in [4.78, 5) is 23.3. The molecule has 4 nitrogen and oxygen atoms in total. The van der Waals surface area contributed by atoms with Crippen LogP contribution in [-0.4, -0.2) is 16.9 Å². The zero-order valence-electron chi connectivity index (χ0n) is 13.3. The molecule has 1 heterocycles. The quantitative estimate of drug-likeness (QED) is 0.882. The number of halogens is 3. The Kier molecular flexibility index (Phi) is 4.54. The van der Waals surface area contributed by atoms with Gasteiger partial charge in [0.1, 0.15) is 11.5 Å². The third-order valence-corrected chi connectivity index (χ3v) is 3.92. The number of ketones is 1. The van der Waals surface area contributed by atoms with E-state index in [4.69, 9.17) is 9.84 Å². The third-order valence-electron chi connectivity index (χ3n) is 3.92. The zero-order chi connectivity index (χ0) is 18.9. The van der Waals surface area contributed by atoms with Gasteiger partial charge < -0.3 is 9.84 Å². The van der Waals surface area contributed by atoms with Crippen molar-refractivity contribution in [3.05, 3.63) is 70.8 Å². The number of Topliss-reactive ketones (excluding diaryl/α,β-unsaturated/α-hetero) is 1. The SMILES string of the molecule is O=C(O)Cc1cccc2c1OC(c1ccc(C(F)(F)F)cc1)=CCC2=O. The van der Waals surface area contributed by atoms with Gasteiger partial charge in [-0.3, -0.25) is 9.59 Å². The Morgan fingerprint density at radius 2 is 1.81 bits per heavy atom. The average molecular weight is 362 g/mol. The van der Waals surface area contributed by atoms with E-state index in [0.717, 1.165) is 12.1 Å². The van der Waals surface area contributed by atoms with Crippen molar-refractivity contribution in [2.24, 2.45) is 0 Å². The molecule has 0 spiro atoms. The lowest BCUT2D eigenvalue weighted by Gasteiger charge is -2.15. The number of hydrogen-bond donors (Lipinski definition) is 1. The number of allylic oxidation sites excluding steroid dienone is 1. The average Bonchev–Trinajstić information content (AvgIpc) is 2.74. The Morgan fingerprint density at radius 3 is 2.42 bits per heavy atom. The van der Waals surface area contributed by atoms with E-state index in [2.05, 4.69) is 0 Å². The van der Waals surface area contributed by atoms with Crippen LogP contribution in [0.1, 0.15) is 33.5 Å². The number of carboxylic acid groups (broad SMARTS) is 1. The molecule has 0 amide bonds. The molecule has 0 atom stereocenters. The molecule has 0 saturated carbocycles. The molecule has 0 unspecified atom stereocenters. The first kappa shape index (κ1) is 17.7. The van der Waals surface area contributed by atoms with Crippen LogP contribution in [0.3, 0.4) is 0 Å². The lowest BCUT2D eigenvalue weighted by atomic mass is 10.0. The van der Waals surface area contributed by atoms with Gasteiger partial charge in [-0.05, 0) is 24.3 Å². The highest BCUT2D eigenvalue weighted by Crippen LogP contribution is 2.35. The van der Waals surface area contributed by atoms with Gasteiger partial charge in [-0.2, -0.15) is 13.2 Å². The lowest BCUT2D eigenvalue weighted by Crippen LogP contribution is -2.07. The first-order valence-electron chi connectivity index (χ1n) is 7.68. The molecule has 26 heavy (non-hydrogen) atoms. The standard InChI is InChI=1S/C19H13F3O4/c20-19(21,22)13-6-4-11(5-7-13)16-9-8-15(23)14-3-1-2-12(10-17(24)25)18(14)26-16/h1-7,9H,8,10H2,(H,24,25). The summed E-state index contributed by atoms with van der Waals surface area (Å²) in [6.45, 7) is 0. The van der Waals surface area contributed by atoms with E-state index in [9.17, 15) is 22.8 Å². The van der Waals surface area contributed by atoms with Crippen molar-refractivity contribution in [1.82, 2.24) is 0 Å². The fraction of sp³-hybridized carbons (Fsp3) is 0.158. The number of carbonyl (C=O) groups is 2. The van der Waals surface area contributed by atoms with Gasteiger partial charge in [0.15, 0.2) is 5.78 Å². The van der Waals surface area contributed by atoms with Gasteiger partial charge in [-0.15, -0.1) is 0 Å². The number of aliphatic carboxylic acids is 1. The summed E-state index contributed by atoms with van der Waals surface area (Å²) in [7, 11) is 0. The van der Waals surface area contributed by atoms with E-state index < -0.39 is 17.7 Å². The maximum Gasteiger partial charge on any atom is 0.416 e. The molecular weight excluding hydrogens is 349 g/mol. The maximum absolute atomic E-state index is 12.7. The van der Waals surface area contributed by atoms with Crippen LogP contribution in [0.25, 0.3) is 5.76 Å². The van der Waals surface area contributed by atoms with Crippen LogP contribution in [0.15, 0.2) is 48.5 Å². The van der Waals surface area contributed by atoms with Crippen LogP contribution in [0.4, 0.5) is 13.2 Å². The van der Waals surface area contributed by atoms with Gasteiger partial charge in [0, 0.05) is 17.5 Å². The minimum Gasteiger partial charge on any atom is -0.481 e. The van der Waals surface area contributed by atoms with Gasteiger partial charge in [0.05, 0.1) is 17.5 Å². The number of hydrogen-bond acceptors (Lipinski definition) is 3. The predicted octanol–water partition coefficient (Wildman–Crippen LogP) is 4.34. The lowest BCUT2D eigenvalue weighted by molar-refractivity contribution is -0.138. The van der Waals surface area contributed by atoms with E-state index in [1.807, 2.05) is 0 Å². The van der Waals surface area contributed by atoms with Crippen LogP contribution in [0.2, 0.25) is 0 Å². The molecule has 134 valence electrons. The van der Waals surface area contributed by atoms with Gasteiger partial charge in [0.25, 0.3) is 0 Å². The number of benzene rings is 2. The van der Waals surface area contributed by atoms with Crippen molar-refractivity contribution in [2.45, 2.75) is 19.0 Å². The largest absolute Gasteiger partial charge is 0.481 e. The summed E-state index contributed by atoms with van der Waals surface area (Å²) >= 11 is 0.